The van der Waals surface area contributed by atoms with Crippen LogP contribution in [0.15, 0.2) is 215 Å². The van der Waals surface area contributed by atoms with E-state index in [1.807, 2.05) is 61.5 Å². The Balaban J connectivity index is 0.000000157. The van der Waals surface area contributed by atoms with Gasteiger partial charge in [0.1, 0.15) is 17.5 Å². The van der Waals surface area contributed by atoms with Crippen LogP contribution in [0.2, 0.25) is 10.0 Å². The maximum absolute atomic E-state index is 13.1. The molecule has 19 nitrogen and oxygen atoms in total. The fourth-order valence-corrected chi connectivity index (χ4v) is 11.0. The minimum Gasteiger partial charge on any atom is -0.368 e. The molecular weight excluding hydrogens is 1370 g/mol. The average molecular weight is 1430 g/mol. The highest BCUT2D eigenvalue weighted by atomic mass is 35.5. The molecule has 0 aliphatic heterocycles. The summed E-state index contributed by atoms with van der Waals surface area (Å²) in [6.45, 7) is 1.93. The monoisotopic (exact) mass is 1420 g/mol. The van der Waals surface area contributed by atoms with Crippen LogP contribution in [0.3, 0.4) is 0 Å². The van der Waals surface area contributed by atoms with Crippen molar-refractivity contribution >= 4 is 47.0 Å². The fourth-order valence-electron chi connectivity index (χ4n) is 10.5. The largest absolute Gasteiger partial charge is 0.416 e. The Morgan fingerprint density at radius 3 is 1.04 bits per heavy atom. The number of aromatic amines is 3. The van der Waals surface area contributed by atoms with Crippen molar-refractivity contribution in [1.29, 1.82) is 21.6 Å². The highest BCUT2D eigenvalue weighted by Gasteiger charge is 2.32. The van der Waals surface area contributed by atoms with Crippen molar-refractivity contribution < 1.29 is 39.5 Å². The zero-order valence-electron chi connectivity index (χ0n) is 52.8. The molecule has 0 saturated heterocycles. The lowest BCUT2D eigenvalue weighted by atomic mass is 9.99. The second kappa shape index (κ2) is 31.1. The number of nitrogens with one attached hydrogen (secondary N) is 7. The summed E-state index contributed by atoms with van der Waals surface area (Å²) in [6.07, 6.45) is -7.76. The zero-order chi connectivity index (χ0) is 73.2. The Kier molecular flexibility index (Phi) is 22.5. The van der Waals surface area contributed by atoms with Crippen LogP contribution in [0.4, 0.5) is 39.5 Å². The number of benzene rings is 8. The number of nitrogens with two attached hydrogens (primary N) is 4. The number of alkyl halides is 6. The van der Waals surface area contributed by atoms with Crippen molar-refractivity contribution in [2.24, 2.45) is 22.9 Å². The van der Waals surface area contributed by atoms with Gasteiger partial charge in [-0.25, -0.2) is 17.9 Å². The van der Waals surface area contributed by atoms with Gasteiger partial charge in [0.05, 0.1) is 33.9 Å². The standard InChI is InChI=1S/C18H14ClF3N4O.C18H17ClN4.C18H14F4N4O.C17H14F2N4O/c19-13-3-1-2-10(8-13)9-14-15(25-26(16(14)27)17(23)24)11-4-6-12(7-5-11)18(20,21)22;1-12-16(11-13-6-5-9-15(19)10-13)17(22-23(12)18(20)21)14-7-3-2-4-8-14;19-13-7-1-10(2-8-13)9-14-15(25-26(16(14)27)17(23)24)11-3-5-12(6-4-11)18(20,21)22;18-12-5-1-10(2-6-12)9-14-15(11-3-7-13(19)8-4-11)22-23(16(14)24)17(20)21/h1-8,25H,9H2,(H3,23,24);2-10H,11H2,1H3,(H3,20,21);1-8,25H,9H2,(H3,23,24);1-8,22H,9H2,(H3,20,21). The Morgan fingerprint density at radius 2 is 0.723 bits per heavy atom. The van der Waals surface area contributed by atoms with Gasteiger partial charge in [-0.2, -0.15) is 45.5 Å². The van der Waals surface area contributed by atoms with Crippen LogP contribution in [0, 0.1) is 46.0 Å². The van der Waals surface area contributed by atoms with E-state index in [2.05, 4.69) is 20.4 Å². The van der Waals surface area contributed by atoms with E-state index >= 15 is 0 Å². The van der Waals surface area contributed by atoms with Crippen molar-refractivity contribution in [1.82, 2.24) is 39.1 Å². The lowest BCUT2D eigenvalue weighted by molar-refractivity contribution is -0.138. The molecule has 4 heterocycles. The highest BCUT2D eigenvalue weighted by Crippen LogP contribution is 2.34. The van der Waals surface area contributed by atoms with E-state index in [-0.39, 0.29) is 47.9 Å². The van der Waals surface area contributed by atoms with Crippen molar-refractivity contribution in [2.45, 2.75) is 45.0 Å². The quantitative estimate of drug-likeness (QED) is 0.0316. The topological polar surface area (TPSA) is 331 Å². The predicted molar refractivity (Wildman–Crippen MR) is 370 cm³/mol. The summed E-state index contributed by atoms with van der Waals surface area (Å²) in [4.78, 5) is 37.7. The van der Waals surface area contributed by atoms with Gasteiger partial charge in [-0.3, -0.25) is 51.3 Å². The van der Waals surface area contributed by atoms with Gasteiger partial charge in [0, 0.05) is 74.8 Å². The summed E-state index contributed by atoms with van der Waals surface area (Å²) in [7, 11) is 0. The number of hydrogen-bond donors (Lipinski definition) is 11. The molecule has 101 heavy (non-hydrogen) atoms. The Hall–Kier alpha value is -12.2. The van der Waals surface area contributed by atoms with E-state index in [0.29, 0.717) is 55.7 Å². The third-order valence-electron chi connectivity index (χ3n) is 15.5. The first kappa shape index (κ1) is 73.1. The summed E-state index contributed by atoms with van der Waals surface area (Å²) in [6, 6.07) is 50.1. The fraction of sp³-hybridized carbons (Fsp3) is 0.0986. The van der Waals surface area contributed by atoms with Crippen molar-refractivity contribution in [3.05, 3.63) is 320 Å². The Labute approximate surface area is 577 Å². The summed E-state index contributed by atoms with van der Waals surface area (Å²) in [5, 5.41) is 44.1. The molecule has 0 bridgehead atoms. The molecule has 0 fully saturated rings. The maximum atomic E-state index is 13.1. The van der Waals surface area contributed by atoms with Crippen LogP contribution in [0.1, 0.15) is 61.3 Å². The van der Waals surface area contributed by atoms with Crippen LogP contribution >= 0.6 is 23.2 Å². The smallest absolute Gasteiger partial charge is 0.368 e. The Morgan fingerprint density at radius 1 is 0.406 bits per heavy atom. The van der Waals surface area contributed by atoms with Crippen LogP contribution in [-0.4, -0.2) is 63.0 Å². The van der Waals surface area contributed by atoms with Gasteiger partial charge in [-0.15, -0.1) is 0 Å². The number of nitrogens with zero attached hydrogens (tertiary/aromatic N) is 5. The number of H-pyrrole nitrogens is 3. The predicted octanol–water partition coefficient (Wildman–Crippen LogP) is 13.5. The van der Waals surface area contributed by atoms with Gasteiger partial charge in [0.25, 0.3) is 16.7 Å². The molecule has 8 aromatic carbocycles. The van der Waals surface area contributed by atoms with E-state index in [4.69, 9.17) is 67.8 Å². The number of rotatable bonds is 12. The van der Waals surface area contributed by atoms with Crippen LogP contribution in [0.25, 0.3) is 45.0 Å². The van der Waals surface area contributed by atoms with Gasteiger partial charge in [-0.1, -0.05) is 126 Å². The Bertz CT molecular complexity index is 5170. The molecule has 30 heteroatoms. The van der Waals surface area contributed by atoms with Gasteiger partial charge in [0.2, 0.25) is 23.8 Å². The molecule has 12 aromatic rings. The normalized spacial score (nSPS) is 11.2. The lowest BCUT2D eigenvalue weighted by Crippen LogP contribution is -2.31. The van der Waals surface area contributed by atoms with E-state index in [1.165, 1.54) is 89.6 Å². The minimum atomic E-state index is -4.48. The molecule has 0 amide bonds. The third kappa shape index (κ3) is 18.0. The highest BCUT2D eigenvalue weighted by molar-refractivity contribution is 6.31. The molecule has 0 aliphatic carbocycles. The molecule has 15 N–H and O–H groups in total. The van der Waals surface area contributed by atoms with Gasteiger partial charge in [-0.05, 0) is 137 Å². The SMILES string of the molecule is Cc1c(Cc2cccc(Cl)c2)c(-c2ccccc2)nn1C(=N)N.N=C(N)n1[nH]c(-c2ccc(C(F)(F)F)cc2)c(Cc2ccc(F)cc2)c1=O.N=C(N)n1[nH]c(-c2ccc(C(F)(F)F)cc2)c(Cc2cccc(Cl)c2)c1=O.N=C(N)n1[nH]c(-c2ccc(F)cc2)c(Cc2ccc(F)cc2)c1=O. The number of halogens is 11. The molecule has 12 rings (SSSR count). The number of aromatic nitrogens is 8. The zero-order valence-corrected chi connectivity index (χ0v) is 54.3. The molecule has 4 aromatic heterocycles. The molecule has 0 saturated carbocycles. The van der Waals surface area contributed by atoms with Crippen molar-refractivity contribution in [3.8, 4) is 45.0 Å². The molecular formula is C71H59Cl2F9N16O3. The van der Waals surface area contributed by atoms with E-state index < -0.39 is 69.7 Å². The summed E-state index contributed by atoms with van der Waals surface area (Å²) in [5.41, 5.74) is 28.7. The first-order valence-corrected chi connectivity index (χ1v) is 30.7. The molecule has 0 atom stereocenters. The van der Waals surface area contributed by atoms with Gasteiger partial charge < -0.3 is 22.9 Å². The first-order valence-electron chi connectivity index (χ1n) is 30.0. The second-order valence-corrected chi connectivity index (χ2v) is 23.3. The van der Waals surface area contributed by atoms with E-state index in [9.17, 15) is 53.9 Å². The van der Waals surface area contributed by atoms with Crippen LogP contribution in [0.5, 0.6) is 0 Å². The van der Waals surface area contributed by atoms with Crippen molar-refractivity contribution in [3.63, 3.8) is 0 Å². The van der Waals surface area contributed by atoms with Crippen LogP contribution in [-0.2, 0) is 38.0 Å². The maximum Gasteiger partial charge on any atom is 0.416 e. The van der Waals surface area contributed by atoms with Gasteiger partial charge >= 0.3 is 12.4 Å². The summed E-state index contributed by atoms with van der Waals surface area (Å²) in [5.74, 6) is -2.81. The average Bonchev–Trinajstić information content (AvgIpc) is 1.68. The molecule has 0 radical (unpaired) electrons. The molecule has 0 aliphatic rings. The minimum absolute atomic E-state index is 0.0861. The van der Waals surface area contributed by atoms with Crippen molar-refractivity contribution in [2.75, 3.05) is 0 Å². The molecule has 0 spiro atoms. The summed E-state index contributed by atoms with van der Waals surface area (Å²) >= 11 is 12.1. The van der Waals surface area contributed by atoms with E-state index in [1.54, 1.807) is 36.4 Å². The number of nitrogen functional groups attached to an aromatic ring is 4. The first-order chi connectivity index (χ1) is 47.8. The lowest BCUT2D eigenvalue weighted by Gasteiger charge is -2.08. The summed E-state index contributed by atoms with van der Waals surface area (Å²) < 4.78 is 120. The molecule has 0 unspecified atom stereocenters. The molecule has 518 valence electrons. The third-order valence-corrected chi connectivity index (χ3v) is 15.9. The second-order valence-electron chi connectivity index (χ2n) is 22.4. The van der Waals surface area contributed by atoms with Crippen LogP contribution < -0.4 is 39.6 Å². The van der Waals surface area contributed by atoms with Gasteiger partial charge in [0.15, 0.2) is 0 Å². The number of hydrogen-bond acceptors (Lipinski definition) is 8. The van der Waals surface area contributed by atoms with E-state index in [0.717, 1.165) is 77.5 Å².